The van der Waals surface area contributed by atoms with E-state index in [9.17, 15) is 34.2 Å². The number of nitrogens with one attached hydrogen (secondary N) is 1. The van der Waals surface area contributed by atoms with Crippen molar-refractivity contribution in [1.29, 1.82) is 0 Å². The number of carbonyl (C=O) groups excluding carboxylic acids is 4. The third-order valence-corrected chi connectivity index (χ3v) is 8.36. The summed E-state index contributed by atoms with van der Waals surface area (Å²) in [6.07, 6.45) is 0.951. The topological polar surface area (TPSA) is 217 Å². The van der Waals surface area contributed by atoms with Crippen LogP contribution in [0.2, 0.25) is 0 Å². The van der Waals surface area contributed by atoms with E-state index in [1.54, 1.807) is 12.1 Å². The maximum Gasteiger partial charge on any atom is 1.00 e. The van der Waals surface area contributed by atoms with E-state index in [1.165, 1.54) is 37.3 Å². The third-order valence-electron chi connectivity index (χ3n) is 6.02. The number of oxime groups is 1. The summed E-state index contributed by atoms with van der Waals surface area (Å²) in [4.78, 5) is 66.9. The van der Waals surface area contributed by atoms with E-state index < -0.39 is 47.3 Å². The van der Waals surface area contributed by atoms with Gasteiger partial charge in [0, 0.05) is 23.9 Å². The van der Waals surface area contributed by atoms with E-state index in [2.05, 4.69) is 20.7 Å². The maximum absolute atomic E-state index is 13.0. The van der Waals surface area contributed by atoms with Gasteiger partial charge in [0.2, 0.25) is 5.71 Å². The maximum atomic E-state index is 13.0. The molecule has 1 fully saturated rings. The number of aliphatic carboxylic acids is 2. The smallest absolute Gasteiger partial charge is 0.550 e. The number of hydrogen-bond acceptors (Lipinski definition) is 14. The molecule has 0 bridgehead atoms. The fourth-order valence-electron chi connectivity index (χ4n) is 4.17. The van der Waals surface area contributed by atoms with Crippen molar-refractivity contribution in [1.82, 2.24) is 29.6 Å². The summed E-state index contributed by atoms with van der Waals surface area (Å²) in [5.74, 6) is -3.79. The van der Waals surface area contributed by atoms with Crippen LogP contribution in [0.25, 0.3) is 5.65 Å². The Kier molecular flexibility index (Phi) is 12.1. The van der Waals surface area contributed by atoms with Gasteiger partial charge < -0.3 is 34.4 Å². The number of carboxylic acids is 2. The molecule has 1 N–H and O–H groups in total. The first-order chi connectivity index (χ1) is 19.7. The molecule has 0 saturated carbocycles. The minimum Gasteiger partial charge on any atom is -0.550 e. The second-order valence-electron chi connectivity index (χ2n) is 8.56. The van der Waals surface area contributed by atoms with E-state index in [1.807, 2.05) is 0 Å². The summed E-state index contributed by atoms with van der Waals surface area (Å²) in [5, 5.41) is 36.9. The van der Waals surface area contributed by atoms with Gasteiger partial charge in [0.05, 0.1) is 24.5 Å². The standard InChI is InChI=1S/C23H21N7O9S2.2Na/c1-38-27-16(12-3-2-8-39-12)19(33)24-17-20(34)29-18(22(35)36)11(10-41-21(17)29)9-40-14-5-4-13-25-28(7-6-15(31)32)23(37)30(13)26-14;;/h2-5,8,17,21H,6-7,9-10H2,1H3,(H,24,33)(H,31,32)(H,35,36);;/q;2*+1/p-2/b27-16-;;/t17?,21-;;/m1../s1. The minimum absolute atomic E-state index is 0. The molecule has 3 aromatic rings. The van der Waals surface area contributed by atoms with Crippen LogP contribution in [0.4, 0.5) is 0 Å². The van der Waals surface area contributed by atoms with Gasteiger partial charge >= 0.3 is 64.8 Å². The molecule has 5 heterocycles. The number of thioether (sulfide) groups is 2. The van der Waals surface area contributed by atoms with Gasteiger partial charge in [-0.2, -0.15) is 9.61 Å². The zero-order valence-corrected chi connectivity index (χ0v) is 28.7. The monoisotopic (exact) mass is 647 g/mol. The van der Waals surface area contributed by atoms with Gasteiger partial charge in [-0.3, -0.25) is 14.5 Å². The van der Waals surface area contributed by atoms with Crippen LogP contribution in [-0.4, -0.2) is 83.8 Å². The van der Waals surface area contributed by atoms with Crippen LogP contribution in [0.15, 0.2) is 61.2 Å². The molecule has 2 amide bonds. The van der Waals surface area contributed by atoms with E-state index >= 15 is 0 Å². The molecule has 0 aromatic carbocycles. The van der Waals surface area contributed by atoms with E-state index in [0.29, 0.717) is 10.6 Å². The van der Waals surface area contributed by atoms with Crippen molar-refractivity contribution in [3.05, 3.63) is 58.0 Å². The first-order valence-electron chi connectivity index (χ1n) is 11.8. The summed E-state index contributed by atoms with van der Waals surface area (Å²) < 4.78 is 7.16. The van der Waals surface area contributed by atoms with Gasteiger partial charge in [0.25, 0.3) is 11.8 Å². The second-order valence-corrected chi connectivity index (χ2v) is 10.7. The van der Waals surface area contributed by atoms with Crippen molar-refractivity contribution in [2.24, 2.45) is 5.16 Å². The van der Waals surface area contributed by atoms with E-state index in [0.717, 1.165) is 25.9 Å². The van der Waals surface area contributed by atoms with Gasteiger partial charge in [0.15, 0.2) is 11.4 Å². The molecule has 1 saturated heterocycles. The molecule has 16 nitrogen and oxygen atoms in total. The number of aryl methyl sites for hydroxylation is 1. The Balaban J connectivity index is 0.00000253. The number of carboxylic acid groups (broad SMARTS) is 2. The summed E-state index contributed by atoms with van der Waals surface area (Å²) in [5.41, 5.74) is -0.523. The number of furan rings is 1. The normalized spacial score (nSPS) is 17.8. The van der Waals surface area contributed by atoms with Crippen LogP contribution in [0.1, 0.15) is 12.2 Å². The minimum atomic E-state index is -1.55. The molecular formula is C23H19N7Na2O9S2. The van der Waals surface area contributed by atoms with Crippen molar-refractivity contribution >= 4 is 58.6 Å². The molecule has 0 aliphatic carbocycles. The fourth-order valence-corrected chi connectivity index (χ4v) is 6.51. The zero-order chi connectivity index (χ0) is 29.3. The molecule has 43 heavy (non-hydrogen) atoms. The molecule has 2 aliphatic heterocycles. The summed E-state index contributed by atoms with van der Waals surface area (Å²) in [6, 6.07) is 5.12. The average Bonchev–Trinajstić information content (AvgIpc) is 3.59. The first kappa shape index (κ1) is 34.9. The number of amides is 2. The number of aromatic nitrogens is 4. The number of β-lactam (4-membered cyclic amide) rings is 1. The number of hydrogen-bond donors (Lipinski definition) is 1. The Bertz CT molecular complexity index is 1670. The molecule has 1 unspecified atom stereocenters. The predicted octanol–water partition coefficient (Wildman–Crippen LogP) is -8.82. The average molecular weight is 648 g/mol. The molecular weight excluding hydrogens is 628 g/mol. The molecule has 2 aliphatic rings. The quantitative estimate of drug-likeness (QED) is 0.0673. The van der Waals surface area contributed by atoms with Crippen molar-refractivity contribution in [3.8, 4) is 0 Å². The van der Waals surface area contributed by atoms with Crippen LogP contribution >= 0.6 is 23.5 Å². The second kappa shape index (κ2) is 14.9. The molecule has 0 spiro atoms. The SMILES string of the molecule is CO/N=C(\C(=O)NC1C(=O)N2C(C(=O)[O-])=C(CSc3ccc4nn(CCC(=O)[O-])c(=O)n4n3)CS[C@H]12)c1ccco1.[Na+].[Na+]. The van der Waals surface area contributed by atoms with Crippen molar-refractivity contribution in [2.45, 2.75) is 29.4 Å². The van der Waals surface area contributed by atoms with Crippen LogP contribution in [-0.2, 0) is 30.6 Å². The van der Waals surface area contributed by atoms with Gasteiger partial charge in [-0.15, -0.1) is 28.6 Å². The summed E-state index contributed by atoms with van der Waals surface area (Å²) in [6.45, 7) is -0.179. The van der Waals surface area contributed by atoms with Crippen molar-refractivity contribution in [3.63, 3.8) is 0 Å². The van der Waals surface area contributed by atoms with E-state index in [4.69, 9.17) is 9.25 Å². The number of carbonyl (C=O) groups is 4. The number of nitrogens with zero attached hydrogens (tertiary/aromatic N) is 6. The largest absolute Gasteiger partial charge is 1.00 e. The summed E-state index contributed by atoms with van der Waals surface area (Å²) >= 11 is 2.39. The van der Waals surface area contributed by atoms with Crippen LogP contribution in [0, 0.1) is 0 Å². The van der Waals surface area contributed by atoms with Gasteiger partial charge in [-0.1, -0.05) is 5.16 Å². The van der Waals surface area contributed by atoms with Crippen molar-refractivity contribution < 1.29 is 97.8 Å². The van der Waals surface area contributed by atoms with Crippen LogP contribution in [0.3, 0.4) is 0 Å². The Labute approximate surface area is 294 Å². The molecule has 5 rings (SSSR count). The first-order valence-corrected chi connectivity index (χ1v) is 13.9. The molecule has 0 radical (unpaired) electrons. The van der Waals surface area contributed by atoms with Gasteiger partial charge in [-0.25, -0.2) is 9.48 Å². The Morgan fingerprint density at radius 3 is 2.63 bits per heavy atom. The number of fused-ring (bicyclic) bond motifs is 2. The van der Waals surface area contributed by atoms with E-state index in [-0.39, 0.29) is 100.0 Å². The van der Waals surface area contributed by atoms with Crippen LogP contribution < -0.4 is 80.3 Å². The zero-order valence-electron chi connectivity index (χ0n) is 23.0. The number of rotatable bonds is 11. The molecule has 3 aromatic heterocycles. The third kappa shape index (κ3) is 7.22. The molecule has 2 atom stereocenters. The molecule has 214 valence electrons. The Morgan fingerprint density at radius 1 is 1.21 bits per heavy atom. The van der Waals surface area contributed by atoms with Gasteiger partial charge in [0.1, 0.15) is 23.6 Å². The van der Waals surface area contributed by atoms with Crippen molar-refractivity contribution in [2.75, 3.05) is 18.6 Å². The Hall–Kier alpha value is -2.58. The van der Waals surface area contributed by atoms with Gasteiger partial charge in [-0.05, 0) is 29.8 Å². The summed E-state index contributed by atoms with van der Waals surface area (Å²) in [7, 11) is 1.25. The fraction of sp³-hybridized carbons (Fsp3) is 0.304. The Morgan fingerprint density at radius 2 is 1.98 bits per heavy atom. The van der Waals surface area contributed by atoms with Crippen LogP contribution in [0.5, 0.6) is 0 Å². The molecule has 20 heteroatoms. The predicted molar refractivity (Wildman–Crippen MR) is 137 cm³/mol.